The Hall–Kier alpha value is -3.12. The minimum atomic E-state index is -0.253. The van der Waals surface area contributed by atoms with Crippen LogP contribution in [0.2, 0.25) is 0 Å². The Kier molecular flexibility index (Phi) is 4.36. The third-order valence-electron chi connectivity index (χ3n) is 5.78. The highest BCUT2D eigenvalue weighted by molar-refractivity contribution is 5.85. The molecule has 0 spiro atoms. The van der Waals surface area contributed by atoms with E-state index in [1.54, 1.807) is 11.8 Å². The summed E-state index contributed by atoms with van der Waals surface area (Å²) < 4.78 is 22.2. The summed E-state index contributed by atoms with van der Waals surface area (Å²) in [5, 5.41) is 5.52. The zero-order valence-corrected chi connectivity index (χ0v) is 16.5. The van der Waals surface area contributed by atoms with Gasteiger partial charge in [-0.05, 0) is 24.1 Å². The Morgan fingerprint density at radius 2 is 2.10 bits per heavy atom. The van der Waals surface area contributed by atoms with Crippen LogP contribution in [0.4, 0.5) is 4.39 Å². The zero-order chi connectivity index (χ0) is 20.0. The standard InChI is InChI=1S/C23H23FN4O/c1-27-13-15(12-25-27)14-28-10-9-18-17-5-3-4-6-21(17)26-22(18)23(28)19-8-7-16(29-2)11-20(19)24/h3-8,11-13,23,26H,9-10,14H2,1-2H3. The second-order valence-electron chi connectivity index (χ2n) is 7.60. The lowest BCUT2D eigenvalue weighted by atomic mass is 9.91. The lowest BCUT2D eigenvalue weighted by Gasteiger charge is -2.36. The number of hydrogen-bond donors (Lipinski definition) is 1. The maximum Gasteiger partial charge on any atom is 0.132 e. The van der Waals surface area contributed by atoms with E-state index in [9.17, 15) is 0 Å². The van der Waals surface area contributed by atoms with Gasteiger partial charge in [0.2, 0.25) is 0 Å². The SMILES string of the molecule is COc1ccc(C2c3[nH]c4ccccc4c3CCN2Cc2cnn(C)c2)c(F)c1. The number of hydrogen-bond acceptors (Lipinski definition) is 3. The predicted molar refractivity (Wildman–Crippen MR) is 110 cm³/mol. The molecule has 0 fully saturated rings. The molecule has 1 unspecified atom stereocenters. The van der Waals surface area contributed by atoms with E-state index in [1.807, 2.05) is 37.6 Å². The van der Waals surface area contributed by atoms with E-state index < -0.39 is 0 Å². The minimum Gasteiger partial charge on any atom is -0.497 e. The van der Waals surface area contributed by atoms with Crippen molar-refractivity contribution in [3.05, 3.63) is 83.1 Å². The molecule has 1 atom stereocenters. The molecule has 3 heterocycles. The summed E-state index contributed by atoms with van der Waals surface area (Å²) in [5.74, 6) is 0.273. The predicted octanol–water partition coefficient (Wildman–Crippen LogP) is 4.20. The number of fused-ring (bicyclic) bond motifs is 3. The fourth-order valence-electron chi connectivity index (χ4n) is 4.46. The van der Waals surface area contributed by atoms with Crippen LogP contribution in [0.25, 0.3) is 10.9 Å². The van der Waals surface area contributed by atoms with Gasteiger partial charge in [0.25, 0.3) is 0 Å². The minimum absolute atomic E-state index is 0.197. The molecule has 4 aromatic rings. The largest absolute Gasteiger partial charge is 0.497 e. The molecule has 148 valence electrons. The Labute approximate surface area is 168 Å². The number of aryl methyl sites for hydroxylation is 1. The average Bonchev–Trinajstić information content (AvgIpc) is 3.31. The van der Waals surface area contributed by atoms with Gasteiger partial charge in [-0.2, -0.15) is 5.10 Å². The molecule has 5 nitrogen and oxygen atoms in total. The van der Waals surface area contributed by atoms with Gasteiger partial charge in [0, 0.05) is 60.1 Å². The van der Waals surface area contributed by atoms with Crippen molar-refractivity contribution >= 4 is 10.9 Å². The first-order valence-electron chi connectivity index (χ1n) is 9.78. The van der Waals surface area contributed by atoms with Crippen molar-refractivity contribution in [3.63, 3.8) is 0 Å². The highest BCUT2D eigenvalue weighted by atomic mass is 19.1. The molecule has 2 aromatic carbocycles. The topological polar surface area (TPSA) is 46.1 Å². The first kappa shape index (κ1) is 17.9. The number of H-pyrrole nitrogens is 1. The van der Waals surface area contributed by atoms with Crippen LogP contribution in [-0.2, 0) is 20.0 Å². The normalized spacial score (nSPS) is 16.9. The highest BCUT2D eigenvalue weighted by Gasteiger charge is 2.33. The molecule has 0 saturated carbocycles. The first-order chi connectivity index (χ1) is 14.1. The van der Waals surface area contributed by atoms with Crippen molar-refractivity contribution in [3.8, 4) is 5.75 Å². The van der Waals surface area contributed by atoms with Crippen molar-refractivity contribution in [2.45, 2.75) is 19.0 Å². The molecule has 0 bridgehead atoms. The van der Waals surface area contributed by atoms with E-state index in [1.165, 1.54) is 17.0 Å². The zero-order valence-electron chi connectivity index (χ0n) is 16.5. The summed E-state index contributed by atoms with van der Waals surface area (Å²) in [7, 11) is 3.47. The van der Waals surface area contributed by atoms with Gasteiger partial charge in [0.1, 0.15) is 11.6 Å². The summed E-state index contributed by atoms with van der Waals surface area (Å²) in [6, 6.07) is 13.3. The van der Waals surface area contributed by atoms with Crippen LogP contribution in [0.15, 0.2) is 54.9 Å². The third-order valence-corrected chi connectivity index (χ3v) is 5.78. The number of ether oxygens (including phenoxy) is 1. The van der Waals surface area contributed by atoms with Crippen LogP contribution < -0.4 is 4.74 Å². The summed E-state index contributed by atoms with van der Waals surface area (Å²) >= 11 is 0. The Morgan fingerprint density at radius 1 is 1.24 bits per heavy atom. The van der Waals surface area contributed by atoms with Gasteiger partial charge in [0.05, 0.1) is 19.3 Å². The van der Waals surface area contributed by atoms with E-state index in [4.69, 9.17) is 4.74 Å². The Balaban J connectivity index is 1.64. The number of aromatic amines is 1. The van der Waals surface area contributed by atoms with E-state index in [2.05, 4.69) is 33.2 Å². The maximum atomic E-state index is 15.2. The maximum absolute atomic E-state index is 15.2. The van der Waals surface area contributed by atoms with Gasteiger partial charge in [-0.1, -0.05) is 24.3 Å². The fourth-order valence-corrected chi connectivity index (χ4v) is 4.46. The molecule has 6 heteroatoms. The highest BCUT2D eigenvalue weighted by Crippen LogP contribution is 2.40. The lowest BCUT2D eigenvalue weighted by Crippen LogP contribution is -2.36. The molecular formula is C23H23FN4O. The monoisotopic (exact) mass is 390 g/mol. The van der Waals surface area contributed by atoms with Crippen molar-refractivity contribution in [1.29, 1.82) is 0 Å². The summed E-state index contributed by atoms with van der Waals surface area (Å²) in [6.45, 7) is 1.55. The van der Waals surface area contributed by atoms with Gasteiger partial charge in [-0.3, -0.25) is 9.58 Å². The van der Waals surface area contributed by atoms with Gasteiger partial charge < -0.3 is 9.72 Å². The van der Waals surface area contributed by atoms with E-state index >= 15 is 4.39 Å². The smallest absolute Gasteiger partial charge is 0.132 e. The van der Waals surface area contributed by atoms with Crippen LogP contribution in [0.5, 0.6) is 5.75 Å². The van der Waals surface area contributed by atoms with Gasteiger partial charge in [-0.25, -0.2) is 4.39 Å². The van der Waals surface area contributed by atoms with E-state index in [0.717, 1.165) is 29.7 Å². The molecule has 0 aliphatic carbocycles. The first-order valence-corrected chi connectivity index (χ1v) is 9.78. The van der Waals surface area contributed by atoms with E-state index in [0.29, 0.717) is 17.9 Å². The number of rotatable bonds is 4. The second-order valence-corrected chi connectivity index (χ2v) is 7.60. The quantitative estimate of drug-likeness (QED) is 0.568. The molecule has 0 saturated heterocycles. The molecule has 1 aliphatic rings. The number of nitrogens with one attached hydrogen (secondary N) is 1. The van der Waals surface area contributed by atoms with Crippen molar-refractivity contribution in [2.24, 2.45) is 7.05 Å². The number of para-hydroxylation sites is 1. The fraction of sp³-hybridized carbons (Fsp3) is 0.261. The number of methoxy groups -OCH3 is 1. The van der Waals surface area contributed by atoms with Crippen LogP contribution in [0.3, 0.4) is 0 Å². The third kappa shape index (κ3) is 3.09. The van der Waals surface area contributed by atoms with Gasteiger partial charge in [0.15, 0.2) is 0 Å². The second kappa shape index (κ2) is 7.04. The van der Waals surface area contributed by atoms with Gasteiger partial charge >= 0.3 is 0 Å². The van der Waals surface area contributed by atoms with Crippen molar-refractivity contribution in [2.75, 3.05) is 13.7 Å². The number of benzene rings is 2. The molecular weight excluding hydrogens is 367 g/mol. The molecule has 0 radical (unpaired) electrons. The van der Waals surface area contributed by atoms with Gasteiger partial charge in [-0.15, -0.1) is 0 Å². The number of nitrogens with zero attached hydrogens (tertiary/aromatic N) is 3. The van der Waals surface area contributed by atoms with Crippen molar-refractivity contribution in [1.82, 2.24) is 19.7 Å². The van der Waals surface area contributed by atoms with Crippen LogP contribution in [0, 0.1) is 5.82 Å². The van der Waals surface area contributed by atoms with Crippen LogP contribution in [0.1, 0.15) is 28.4 Å². The van der Waals surface area contributed by atoms with E-state index in [-0.39, 0.29) is 11.9 Å². The average molecular weight is 390 g/mol. The van der Waals surface area contributed by atoms with Crippen molar-refractivity contribution < 1.29 is 9.13 Å². The summed E-state index contributed by atoms with van der Waals surface area (Å²) in [5.41, 5.74) is 5.22. The van der Waals surface area contributed by atoms with Crippen LogP contribution in [-0.4, -0.2) is 33.3 Å². The number of aromatic nitrogens is 3. The summed E-state index contributed by atoms with van der Waals surface area (Å²) in [4.78, 5) is 5.90. The Morgan fingerprint density at radius 3 is 2.86 bits per heavy atom. The summed E-state index contributed by atoms with van der Waals surface area (Å²) in [6.07, 6.45) is 4.82. The lowest BCUT2D eigenvalue weighted by molar-refractivity contribution is 0.198. The molecule has 0 amide bonds. The molecule has 2 aromatic heterocycles. The molecule has 5 rings (SSSR count). The molecule has 1 aliphatic heterocycles. The Bertz CT molecular complexity index is 1180. The van der Waals surface area contributed by atoms with Crippen LogP contribution >= 0.6 is 0 Å². The number of halogens is 1. The molecule has 29 heavy (non-hydrogen) atoms. The molecule has 1 N–H and O–H groups in total.